The van der Waals surface area contributed by atoms with E-state index in [1.54, 1.807) is 14.2 Å². The summed E-state index contributed by atoms with van der Waals surface area (Å²) in [5.74, 6) is 1.66. The van der Waals surface area contributed by atoms with Gasteiger partial charge in [0, 0.05) is 35.1 Å². The zero-order valence-electron chi connectivity index (χ0n) is 19.1. The van der Waals surface area contributed by atoms with Crippen LogP contribution in [-0.4, -0.2) is 38.3 Å². The van der Waals surface area contributed by atoms with Crippen molar-refractivity contribution in [3.05, 3.63) is 89.6 Å². The number of methoxy groups -OCH3 is 2. The fourth-order valence-corrected chi connectivity index (χ4v) is 4.08. The summed E-state index contributed by atoms with van der Waals surface area (Å²) in [6.07, 6.45) is 1.99. The molecule has 1 unspecified atom stereocenters. The number of H-pyrrole nitrogens is 1. The summed E-state index contributed by atoms with van der Waals surface area (Å²) >= 11 is 0. The number of benzene rings is 3. The summed E-state index contributed by atoms with van der Waals surface area (Å²) in [5.41, 5.74) is 4.02. The lowest BCUT2D eigenvalue weighted by molar-refractivity contribution is -0.123. The largest absolute Gasteiger partial charge is 0.493 e. The van der Waals surface area contributed by atoms with Gasteiger partial charge >= 0.3 is 0 Å². The highest BCUT2D eigenvalue weighted by Gasteiger charge is 2.24. The highest BCUT2D eigenvalue weighted by Crippen LogP contribution is 2.40. The van der Waals surface area contributed by atoms with Gasteiger partial charge in [-0.15, -0.1) is 0 Å². The van der Waals surface area contributed by atoms with E-state index in [9.17, 15) is 4.79 Å². The minimum atomic E-state index is -0.190. The molecule has 0 spiro atoms. The molecule has 0 bridgehead atoms. The molecule has 4 rings (SSSR count). The average molecular weight is 445 g/mol. The number of fused-ring (bicyclic) bond motifs is 1. The van der Waals surface area contributed by atoms with Crippen molar-refractivity contribution in [2.24, 2.45) is 0 Å². The second kappa shape index (κ2) is 10.1. The lowest BCUT2D eigenvalue weighted by Gasteiger charge is -2.22. The van der Waals surface area contributed by atoms with Crippen LogP contribution in [0.2, 0.25) is 0 Å². The van der Waals surface area contributed by atoms with Crippen molar-refractivity contribution in [2.75, 3.05) is 27.4 Å². The number of carbonyl (C=O) groups is 1. The van der Waals surface area contributed by atoms with Gasteiger partial charge in [-0.25, -0.2) is 0 Å². The molecule has 1 atom stereocenters. The molecule has 1 heterocycles. The summed E-state index contributed by atoms with van der Waals surface area (Å²) < 4.78 is 16.9. The molecule has 6 heteroatoms. The van der Waals surface area contributed by atoms with Gasteiger partial charge in [-0.2, -0.15) is 0 Å². The SMILES string of the molecule is COc1cccc(C(CNC(=O)COc2ccccc2C)c2c[nH]c3ccccc23)c1OC. The average Bonchev–Trinajstić information content (AvgIpc) is 3.27. The number of amides is 1. The Morgan fingerprint density at radius 2 is 1.67 bits per heavy atom. The topological polar surface area (TPSA) is 72.6 Å². The molecule has 0 aliphatic rings. The van der Waals surface area contributed by atoms with Crippen LogP contribution in [0.5, 0.6) is 17.2 Å². The Labute approximate surface area is 193 Å². The zero-order chi connectivity index (χ0) is 23.2. The molecule has 33 heavy (non-hydrogen) atoms. The summed E-state index contributed by atoms with van der Waals surface area (Å²) in [4.78, 5) is 16.0. The van der Waals surface area contributed by atoms with Gasteiger partial charge in [0.1, 0.15) is 5.75 Å². The first-order valence-electron chi connectivity index (χ1n) is 10.8. The highest BCUT2D eigenvalue weighted by atomic mass is 16.5. The lowest BCUT2D eigenvalue weighted by atomic mass is 9.90. The third-order valence-electron chi connectivity index (χ3n) is 5.76. The van der Waals surface area contributed by atoms with E-state index in [0.717, 1.165) is 27.6 Å². The van der Waals surface area contributed by atoms with E-state index in [4.69, 9.17) is 14.2 Å². The van der Waals surface area contributed by atoms with Crippen LogP contribution < -0.4 is 19.5 Å². The Kier molecular flexibility index (Phi) is 6.83. The van der Waals surface area contributed by atoms with Crippen LogP contribution in [0.4, 0.5) is 0 Å². The van der Waals surface area contributed by atoms with E-state index in [1.165, 1.54) is 0 Å². The fraction of sp³-hybridized carbons (Fsp3) is 0.222. The highest BCUT2D eigenvalue weighted by molar-refractivity contribution is 5.85. The van der Waals surface area contributed by atoms with Gasteiger partial charge in [0.25, 0.3) is 5.91 Å². The molecule has 0 saturated carbocycles. The first-order chi connectivity index (χ1) is 16.1. The minimum absolute atomic E-state index is 0.0549. The van der Waals surface area contributed by atoms with E-state index in [1.807, 2.05) is 73.8 Å². The van der Waals surface area contributed by atoms with Gasteiger partial charge < -0.3 is 24.5 Å². The monoisotopic (exact) mass is 444 g/mol. The first-order valence-corrected chi connectivity index (χ1v) is 10.8. The molecule has 0 fully saturated rings. The smallest absolute Gasteiger partial charge is 0.257 e. The molecule has 1 amide bonds. The maximum atomic E-state index is 12.7. The molecular formula is C27H28N2O4. The summed E-state index contributed by atoms with van der Waals surface area (Å²) in [6.45, 7) is 2.28. The molecule has 0 radical (unpaired) electrons. The predicted molar refractivity (Wildman–Crippen MR) is 129 cm³/mol. The standard InChI is InChI=1S/C27H28N2O4/c1-18-9-4-7-13-24(18)33-17-26(30)29-16-22(20-11-8-14-25(31-2)27(20)32-3)21-15-28-23-12-6-5-10-19(21)23/h4-15,22,28H,16-17H2,1-3H3,(H,29,30). The molecule has 6 nitrogen and oxygen atoms in total. The maximum Gasteiger partial charge on any atom is 0.257 e. The number of carbonyl (C=O) groups excluding carboxylic acids is 1. The van der Waals surface area contributed by atoms with Crippen molar-refractivity contribution in [1.29, 1.82) is 0 Å². The Bertz CT molecular complexity index is 1250. The summed E-state index contributed by atoms with van der Waals surface area (Å²) in [5, 5.41) is 4.13. The Balaban J connectivity index is 1.60. The van der Waals surface area contributed by atoms with Crippen molar-refractivity contribution < 1.29 is 19.0 Å². The molecule has 0 aliphatic heterocycles. The van der Waals surface area contributed by atoms with Gasteiger partial charge in [0.15, 0.2) is 18.1 Å². The second-order valence-electron chi connectivity index (χ2n) is 7.78. The van der Waals surface area contributed by atoms with E-state index >= 15 is 0 Å². The number of nitrogens with one attached hydrogen (secondary N) is 2. The van der Waals surface area contributed by atoms with Gasteiger partial charge in [-0.1, -0.05) is 48.5 Å². The molecule has 4 aromatic rings. The van der Waals surface area contributed by atoms with Gasteiger partial charge in [0.2, 0.25) is 0 Å². The number of rotatable bonds is 9. The van der Waals surface area contributed by atoms with E-state index in [-0.39, 0.29) is 18.4 Å². The van der Waals surface area contributed by atoms with Crippen LogP contribution in [0.3, 0.4) is 0 Å². The Hall–Kier alpha value is -3.93. The van der Waals surface area contributed by atoms with Crippen molar-refractivity contribution in [1.82, 2.24) is 10.3 Å². The minimum Gasteiger partial charge on any atom is -0.493 e. The van der Waals surface area contributed by atoms with Crippen LogP contribution in [-0.2, 0) is 4.79 Å². The Morgan fingerprint density at radius 3 is 2.45 bits per heavy atom. The number of hydrogen-bond acceptors (Lipinski definition) is 4. The third kappa shape index (κ3) is 4.80. The molecule has 1 aromatic heterocycles. The number of aromatic amines is 1. The van der Waals surface area contributed by atoms with Crippen molar-refractivity contribution >= 4 is 16.8 Å². The normalized spacial score (nSPS) is 11.7. The van der Waals surface area contributed by atoms with Crippen LogP contribution in [0.1, 0.15) is 22.6 Å². The van der Waals surface area contributed by atoms with Crippen LogP contribution in [0.15, 0.2) is 72.9 Å². The van der Waals surface area contributed by atoms with E-state index in [0.29, 0.717) is 23.8 Å². The number of hydrogen-bond donors (Lipinski definition) is 2. The van der Waals surface area contributed by atoms with Crippen molar-refractivity contribution in [2.45, 2.75) is 12.8 Å². The number of aryl methyl sites for hydroxylation is 1. The molecule has 3 aromatic carbocycles. The van der Waals surface area contributed by atoms with Crippen molar-refractivity contribution in [3.8, 4) is 17.2 Å². The molecule has 0 aliphatic carbocycles. The van der Waals surface area contributed by atoms with Crippen LogP contribution >= 0.6 is 0 Å². The summed E-state index contributed by atoms with van der Waals surface area (Å²) in [7, 11) is 3.25. The van der Waals surface area contributed by atoms with E-state index < -0.39 is 0 Å². The van der Waals surface area contributed by atoms with Crippen molar-refractivity contribution in [3.63, 3.8) is 0 Å². The quantitative estimate of drug-likeness (QED) is 0.388. The summed E-state index contributed by atoms with van der Waals surface area (Å²) in [6, 6.07) is 21.6. The number of aromatic nitrogens is 1. The van der Waals surface area contributed by atoms with Crippen LogP contribution in [0.25, 0.3) is 10.9 Å². The van der Waals surface area contributed by atoms with E-state index in [2.05, 4.69) is 16.4 Å². The first kappa shape index (κ1) is 22.3. The lowest BCUT2D eigenvalue weighted by Crippen LogP contribution is -2.33. The Morgan fingerprint density at radius 1 is 0.909 bits per heavy atom. The molecule has 170 valence electrons. The maximum absolute atomic E-state index is 12.7. The second-order valence-corrected chi connectivity index (χ2v) is 7.78. The van der Waals surface area contributed by atoms with Gasteiger partial charge in [0.05, 0.1) is 14.2 Å². The van der Waals surface area contributed by atoms with Crippen LogP contribution in [0, 0.1) is 6.92 Å². The number of para-hydroxylation sites is 3. The number of ether oxygens (including phenoxy) is 3. The molecule has 0 saturated heterocycles. The molecular weight excluding hydrogens is 416 g/mol. The molecule has 2 N–H and O–H groups in total. The third-order valence-corrected chi connectivity index (χ3v) is 5.76. The zero-order valence-corrected chi connectivity index (χ0v) is 19.1. The predicted octanol–water partition coefficient (Wildman–Crippen LogP) is 4.82. The van der Waals surface area contributed by atoms with Gasteiger partial charge in [-0.05, 0) is 36.2 Å². The fourth-order valence-electron chi connectivity index (χ4n) is 4.08. The van der Waals surface area contributed by atoms with Gasteiger partial charge in [-0.3, -0.25) is 4.79 Å².